The van der Waals surface area contributed by atoms with Crippen molar-refractivity contribution in [2.75, 3.05) is 6.61 Å². The second-order valence-electron chi connectivity index (χ2n) is 14.7. The molecule has 286 valence electrons. The topological polar surface area (TPSA) is 110 Å². The Hall–Kier alpha value is -0.950. The summed E-state index contributed by atoms with van der Waals surface area (Å²) >= 11 is 0. The molecule has 0 aromatic carbocycles. The Morgan fingerprint density at radius 1 is 0.500 bits per heavy atom. The van der Waals surface area contributed by atoms with Crippen LogP contribution in [0, 0.1) is 0 Å². The maximum absolute atomic E-state index is 12.4. The summed E-state index contributed by atoms with van der Waals surface area (Å²) in [6.07, 6.45) is 39.7. The lowest BCUT2D eigenvalue weighted by molar-refractivity contribution is -0.132. The summed E-state index contributed by atoms with van der Waals surface area (Å²) in [6, 6.07) is -0.995. The number of hydrogen-bond acceptors (Lipinski definition) is 5. The number of amides is 1. The van der Waals surface area contributed by atoms with E-state index in [9.17, 15) is 25.2 Å². The molecule has 0 saturated carbocycles. The minimum absolute atomic E-state index is 0.366. The van der Waals surface area contributed by atoms with Gasteiger partial charge in [0.05, 0.1) is 18.8 Å². The molecule has 0 aliphatic carbocycles. The van der Waals surface area contributed by atoms with Gasteiger partial charge in [0.25, 0.3) is 0 Å². The second kappa shape index (κ2) is 37.3. The number of hydrogen-bond donors (Lipinski definition) is 5. The van der Waals surface area contributed by atoms with E-state index in [1.807, 2.05) is 0 Å². The Kier molecular flexibility index (Phi) is 36.6. The third-order valence-corrected chi connectivity index (χ3v) is 9.98. The number of aliphatic hydroxyl groups excluding tert-OH is 4. The highest BCUT2D eigenvalue weighted by atomic mass is 16.3. The van der Waals surface area contributed by atoms with Crippen LogP contribution in [0.15, 0.2) is 12.2 Å². The van der Waals surface area contributed by atoms with Crippen molar-refractivity contribution in [1.82, 2.24) is 5.32 Å². The highest BCUT2D eigenvalue weighted by Crippen LogP contribution is 2.16. The molecule has 48 heavy (non-hydrogen) atoms. The van der Waals surface area contributed by atoms with Crippen molar-refractivity contribution in [2.24, 2.45) is 0 Å². The fourth-order valence-electron chi connectivity index (χ4n) is 6.58. The summed E-state index contributed by atoms with van der Waals surface area (Å²) in [6.45, 7) is 4.02. The van der Waals surface area contributed by atoms with Crippen molar-refractivity contribution in [1.29, 1.82) is 0 Å². The first-order valence-electron chi connectivity index (χ1n) is 21.1. The van der Waals surface area contributed by atoms with Gasteiger partial charge in [0, 0.05) is 0 Å². The Morgan fingerprint density at radius 2 is 0.854 bits per heavy atom. The van der Waals surface area contributed by atoms with Gasteiger partial charge >= 0.3 is 0 Å². The van der Waals surface area contributed by atoms with Gasteiger partial charge in [0.1, 0.15) is 12.2 Å². The lowest BCUT2D eigenvalue weighted by Gasteiger charge is -2.27. The summed E-state index contributed by atoms with van der Waals surface area (Å²) in [5.41, 5.74) is 0. The monoisotopic (exact) mass is 682 g/mol. The van der Waals surface area contributed by atoms with Gasteiger partial charge in [-0.05, 0) is 38.5 Å². The standard InChI is InChI=1S/C42H83NO5/c1-3-5-7-9-11-13-15-16-17-18-19-20-21-22-23-24-25-26-28-29-31-33-35-39(45)41(47)38(37-44)43-42(48)40(46)36-34-32-30-27-14-12-10-8-6-4-2/h28-29,38-41,44-47H,3-27,30-37H2,1-2H3,(H,43,48)/b29-28+. The van der Waals surface area contributed by atoms with Gasteiger partial charge in [-0.15, -0.1) is 0 Å². The first kappa shape index (κ1) is 47.0. The smallest absolute Gasteiger partial charge is 0.249 e. The average molecular weight is 682 g/mol. The van der Waals surface area contributed by atoms with E-state index >= 15 is 0 Å². The number of nitrogens with one attached hydrogen (secondary N) is 1. The summed E-state index contributed by atoms with van der Waals surface area (Å²) in [5, 5.41) is 43.5. The first-order chi connectivity index (χ1) is 23.5. The fourth-order valence-corrected chi connectivity index (χ4v) is 6.58. The molecule has 0 bridgehead atoms. The molecule has 1 amide bonds. The Labute approximate surface area is 298 Å². The maximum Gasteiger partial charge on any atom is 0.249 e. The highest BCUT2D eigenvalue weighted by molar-refractivity contribution is 5.80. The van der Waals surface area contributed by atoms with Crippen molar-refractivity contribution in [3.8, 4) is 0 Å². The minimum atomic E-state index is -1.28. The fraction of sp³-hybridized carbons (Fsp3) is 0.929. The zero-order valence-electron chi connectivity index (χ0n) is 32.0. The molecule has 4 atom stereocenters. The second-order valence-corrected chi connectivity index (χ2v) is 14.7. The van der Waals surface area contributed by atoms with Crippen LogP contribution in [-0.2, 0) is 4.79 Å². The van der Waals surface area contributed by atoms with E-state index in [4.69, 9.17) is 0 Å². The molecule has 0 saturated heterocycles. The Bertz CT molecular complexity index is 687. The van der Waals surface area contributed by atoms with Crippen molar-refractivity contribution >= 4 is 5.91 Å². The summed E-state index contributed by atoms with van der Waals surface area (Å²) < 4.78 is 0. The van der Waals surface area contributed by atoms with E-state index in [-0.39, 0.29) is 0 Å². The lowest BCUT2D eigenvalue weighted by Crippen LogP contribution is -2.53. The highest BCUT2D eigenvalue weighted by Gasteiger charge is 2.28. The van der Waals surface area contributed by atoms with Crippen LogP contribution >= 0.6 is 0 Å². The van der Waals surface area contributed by atoms with E-state index < -0.39 is 36.9 Å². The molecule has 5 N–H and O–H groups in total. The van der Waals surface area contributed by atoms with E-state index in [0.717, 1.165) is 38.5 Å². The number of allylic oxidation sites excluding steroid dienone is 2. The van der Waals surface area contributed by atoms with Crippen molar-refractivity contribution in [2.45, 2.75) is 244 Å². The van der Waals surface area contributed by atoms with Crippen LogP contribution in [0.1, 0.15) is 219 Å². The SMILES string of the molecule is CCCCCCCCCCCCCCCCCCC/C=C/CCCC(O)C(O)C(CO)NC(=O)C(O)CCCCCCCCCCCC. The van der Waals surface area contributed by atoms with Gasteiger partial charge in [-0.25, -0.2) is 0 Å². The van der Waals surface area contributed by atoms with Gasteiger partial charge < -0.3 is 25.7 Å². The minimum Gasteiger partial charge on any atom is -0.394 e. The molecule has 0 aliphatic heterocycles. The molecule has 0 aromatic rings. The van der Waals surface area contributed by atoms with E-state index in [1.54, 1.807) is 0 Å². The molecule has 0 heterocycles. The summed E-state index contributed by atoms with van der Waals surface area (Å²) in [7, 11) is 0. The molecule has 0 radical (unpaired) electrons. The van der Waals surface area contributed by atoms with Crippen LogP contribution in [0.25, 0.3) is 0 Å². The molecule has 4 unspecified atom stereocenters. The normalized spacial score (nSPS) is 14.4. The largest absolute Gasteiger partial charge is 0.394 e. The quantitative estimate of drug-likeness (QED) is 0.0329. The number of aliphatic hydroxyl groups is 4. The predicted molar refractivity (Wildman–Crippen MR) is 205 cm³/mol. The van der Waals surface area contributed by atoms with Gasteiger partial charge in [-0.2, -0.15) is 0 Å². The van der Waals surface area contributed by atoms with Crippen LogP contribution in [0.5, 0.6) is 0 Å². The van der Waals surface area contributed by atoms with E-state index in [1.165, 1.54) is 154 Å². The lowest BCUT2D eigenvalue weighted by atomic mass is 10.00. The first-order valence-corrected chi connectivity index (χ1v) is 21.1. The van der Waals surface area contributed by atoms with Gasteiger partial charge in [-0.1, -0.05) is 193 Å². The van der Waals surface area contributed by atoms with Crippen LogP contribution in [0.3, 0.4) is 0 Å². The van der Waals surface area contributed by atoms with E-state index in [2.05, 4.69) is 31.3 Å². The van der Waals surface area contributed by atoms with Gasteiger partial charge in [0.2, 0.25) is 5.91 Å². The van der Waals surface area contributed by atoms with Crippen LogP contribution < -0.4 is 5.32 Å². The van der Waals surface area contributed by atoms with Crippen LogP contribution in [-0.4, -0.2) is 57.3 Å². The van der Waals surface area contributed by atoms with Crippen molar-refractivity contribution < 1.29 is 25.2 Å². The molecule has 0 aromatic heterocycles. The molecule has 6 heteroatoms. The number of rotatable bonds is 38. The maximum atomic E-state index is 12.4. The van der Waals surface area contributed by atoms with Crippen LogP contribution in [0.2, 0.25) is 0 Å². The van der Waals surface area contributed by atoms with Crippen molar-refractivity contribution in [3.05, 3.63) is 12.2 Å². The predicted octanol–water partition coefficient (Wildman–Crippen LogP) is 10.6. The van der Waals surface area contributed by atoms with Crippen molar-refractivity contribution in [3.63, 3.8) is 0 Å². The molecule has 0 fully saturated rings. The molecule has 0 aliphatic rings. The zero-order chi connectivity index (χ0) is 35.3. The third kappa shape index (κ3) is 31.1. The Balaban J connectivity index is 3.72. The van der Waals surface area contributed by atoms with Crippen LogP contribution in [0.4, 0.5) is 0 Å². The molecule has 6 nitrogen and oxygen atoms in total. The molecular weight excluding hydrogens is 598 g/mol. The summed E-state index contributed by atoms with van der Waals surface area (Å²) in [5.74, 6) is -0.594. The molecule has 0 spiro atoms. The Morgan fingerprint density at radius 3 is 1.25 bits per heavy atom. The molecular formula is C42H83NO5. The summed E-state index contributed by atoms with van der Waals surface area (Å²) in [4.78, 5) is 12.4. The van der Waals surface area contributed by atoms with Gasteiger partial charge in [0.15, 0.2) is 0 Å². The average Bonchev–Trinajstić information content (AvgIpc) is 3.09. The number of unbranched alkanes of at least 4 members (excludes halogenated alkanes) is 27. The van der Waals surface area contributed by atoms with E-state index in [0.29, 0.717) is 12.8 Å². The zero-order valence-corrected chi connectivity index (χ0v) is 32.0. The third-order valence-electron chi connectivity index (χ3n) is 9.98. The number of carbonyl (C=O) groups is 1. The van der Waals surface area contributed by atoms with Gasteiger partial charge in [-0.3, -0.25) is 4.79 Å². The molecule has 0 rings (SSSR count). The number of carbonyl (C=O) groups excluding carboxylic acids is 1.